The van der Waals surface area contributed by atoms with Crippen LogP contribution in [-0.4, -0.2) is 12.5 Å². The number of amides is 1. The molecule has 2 aromatic rings. The van der Waals surface area contributed by atoms with Gasteiger partial charge < -0.3 is 10.1 Å². The Bertz CT molecular complexity index is 706. The molecule has 0 spiro atoms. The van der Waals surface area contributed by atoms with Gasteiger partial charge in [-0.1, -0.05) is 47.0 Å². The van der Waals surface area contributed by atoms with Gasteiger partial charge >= 0.3 is 0 Å². The van der Waals surface area contributed by atoms with Gasteiger partial charge in [0.15, 0.2) is 6.61 Å². The van der Waals surface area contributed by atoms with Crippen molar-refractivity contribution in [3.63, 3.8) is 0 Å². The third-order valence-electron chi connectivity index (χ3n) is 3.44. The molecule has 122 valence electrons. The summed E-state index contributed by atoms with van der Waals surface area (Å²) in [5.41, 5.74) is 4.04. The molecule has 0 fully saturated rings. The number of aryl methyl sites for hydroxylation is 3. The molecule has 2 aromatic carbocycles. The second kappa shape index (κ2) is 7.71. The summed E-state index contributed by atoms with van der Waals surface area (Å²) in [4.78, 5) is 12.0. The number of nitrogens with one attached hydrogen (secondary N) is 1. The molecule has 2 rings (SSSR count). The number of benzene rings is 2. The first-order chi connectivity index (χ1) is 10.9. The minimum atomic E-state index is -0.199. The summed E-state index contributed by atoms with van der Waals surface area (Å²) in [5, 5.41) is 3.89. The van der Waals surface area contributed by atoms with Gasteiger partial charge in [0.25, 0.3) is 5.91 Å². The lowest BCUT2D eigenvalue weighted by Crippen LogP contribution is -2.28. The molecule has 0 radical (unpaired) electrons. The molecule has 0 saturated carbocycles. The van der Waals surface area contributed by atoms with E-state index in [9.17, 15) is 4.79 Å². The van der Waals surface area contributed by atoms with E-state index < -0.39 is 0 Å². The summed E-state index contributed by atoms with van der Waals surface area (Å²) in [5.74, 6) is 0.561. The van der Waals surface area contributed by atoms with Gasteiger partial charge in [0.1, 0.15) is 5.75 Å². The monoisotopic (exact) mass is 351 g/mol. The normalized spacial score (nSPS) is 10.5. The third-order valence-corrected chi connectivity index (χ3v) is 4.03. The van der Waals surface area contributed by atoms with Crippen LogP contribution in [0.1, 0.15) is 22.3 Å². The van der Waals surface area contributed by atoms with Crippen molar-refractivity contribution in [2.24, 2.45) is 0 Å². The van der Waals surface area contributed by atoms with Gasteiger partial charge in [0, 0.05) is 16.6 Å². The van der Waals surface area contributed by atoms with E-state index in [1.807, 2.05) is 32.9 Å². The Kier molecular flexibility index (Phi) is 5.91. The molecule has 0 saturated heterocycles. The maximum Gasteiger partial charge on any atom is 0.258 e. The number of rotatable bonds is 5. The molecule has 0 aliphatic heterocycles. The van der Waals surface area contributed by atoms with E-state index in [1.165, 1.54) is 5.56 Å². The Morgan fingerprint density at radius 1 is 1.09 bits per heavy atom. The van der Waals surface area contributed by atoms with E-state index in [0.29, 0.717) is 16.6 Å². The summed E-state index contributed by atoms with van der Waals surface area (Å²) >= 11 is 11.9. The van der Waals surface area contributed by atoms with Crippen LogP contribution in [0.15, 0.2) is 30.3 Å². The van der Waals surface area contributed by atoms with Crippen molar-refractivity contribution >= 4 is 29.1 Å². The standard InChI is InChI=1S/C18H19Cl2NO2/c1-11-6-12(2)18(13(3)7-11)23-10-17(22)21-9-14-4-5-15(19)8-16(14)20/h4-8H,9-10H2,1-3H3,(H,21,22). The fraction of sp³-hybridized carbons (Fsp3) is 0.278. The highest BCUT2D eigenvalue weighted by Crippen LogP contribution is 2.24. The molecular weight excluding hydrogens is 333 g/mol. The number of carbonyl (C=O) groups is 1. The van der Waals surface area contributed by atoms with Crippen LogP contribution in [0.4, 0.5) is 0 Å². The molecule has 1 amide bonds. The second-order valence-corrected chi connectivity index (χ2v) is 6.37. The van der Waals surface area contributed by atoms with Crippen LogP contribution in [0.25, 0.3) is 0 Å². The molecule has 23 heavy (non-hydrogen) atoms. The Hall–Kier alpha value is -1.71. The fourth-order valence-electron chi connectivity index (χ4n) is 2.44. The van der Waals surface area contributed by atoms with Crippen molar-refractivity contribution < 1.29 is 9.53 Å². The van der Waals surface area contributed by atoms with Crippen molar-refractivity contribution in [3.05, 3.63) is 62.6 Å². The molecule has 0 aliphatic rings. The third kappa shape index (κ3) is 4.88. The SMILES string of the molecule is Cc1cc(C)c(OCC(=O)NCc2ccc(Cl)cc2Cl)c(C)c1. The van der Waals surface area contributed by atoms with Crippen molar-refractivity contribution in [1.82, 2.24) is 5.32 Å². The molecular formula is C18H19Cl2NO2. The van der Waals surface area contributed by atoms with Crippen LogP contribution in [-0.2, 0) is 11.3 Å². The van der Waals surface area contributed by atoms with Crippen molar-refractivity contribution in [2.45, 2.75) is 27.3 Å². The largest absolute Gasteiger partial charge is 0.483 e. The molecule has 0 aliphatic carbocycles. The van der Waals surface area contributed by atoms with E-state index >= 15 is 0 Å². The van der Waals surface area contributed by atoms with Crippen molar-refractivity contribution in [2.75, 3.05) is 6.61 Å². The number of hydrogen-bond acceptors (Lipinski definition) is 2. The molecule has 0 bridgehead atoms. The molecule has 0 aromatic heterocycles. The second-order valence-electron chi connectivity index (χ2n) is 5.53. The Labute approximate surface area is 146 Å². The number of carbonyl (C=O) groups excluding carboxylic acids is 1. The molecule has 3 nitrogen and oxygen atoms in total. The van der Waals surface area contributed by atoms with E-state index in [1.54, 1.807) is 18.2 Å². The van der Waals surface area contributed by atoms with Crippen molar-refractivity contribution in [3.8, 4) is 5.75 Å². The summed E-state index contributed by atoms with van der Waals surface area (Å²) in [6, 6.07) is 9.26. The predicted molar refractivity (Wildman–Crippen MR) is 94.5 cm³/mol. The maximum atomic E-state index is 12.0. The zero-order chi connectivity index (χ0) is 17.0. The predicted octanol–water partition coefficient (Wildman–Crippen LogP) is 4.61. The molecule has 1 N–H and O–H groups in total. The van der Waals surface area contributed by atoms with Gasteiger partial charge in [-0.3, -0.25) is 4.79 Å². The highest BCUT2D eigenvalue weighted by Gasteiger charge is 2.09. The highest BCUT2D eigenvalue weighted by atomic mass is 35.5. The first-order valence-corrected chi connectivity index (χ1v) is 8.03. The summed E-state index contributed by atoms with van der Waals surface area (Å²) in [6.07, 6.45) is 0. The van der Waals surface area contributed by atoms with Gasteiger partial charge in [-0.2, -0.15) is 0 Å². The minimum absolute atomic E-state index is 0.0318. The molecule has 5 heteroatoms. The molecule has 0 unspecified atom stereocenters. The van der Waals surface area contributed by atoms with Gasteiger partial charge in [-0.15, -0.1) is 0 Å². The lowest BCUT2D eigenvalue weighted by atomic mass is 10.1. The fourth-order valence-corrected chi connectivity index (χ4v) is 2.92. The van der Waals surface area contributed by atoms with E-state index in [0.717, 1.165) is 22.4 Å². The van der Waals surface area contributed by atoms with Gasteiger partial charge in [-0.05, 0) is 49.6 Å². The topological polar surface area (TPSA) is 38.3 Å². The Morgan fingerprint density at radius 2 is 1.74 bits per heavy atom. The zero-order valence-electron chi connectivity index (χ0n) is 13.4. The van der Waals surface area contributed by atoms with E-state index in [2.05, 4.69) is 5.32 Å². The maximum absolute atomic E-state index is 12.0. The summed E-state index contributed by atoms with van der Waals surface area (Å²) < 4.78 is 5.66. The Morgan fingerprint density at radius 3 is 2.35 bits per heavy atom. The number of halogens is 2. The van der Waals surface area contributed by atoms with Crippen LogP contribution in [0.5, 0.6) is 5.75 Å². The molecule has 0 heterocycles. The van der Waals surface area contributed by atoms with E-state index in [-0.39, 0.29) is 12.5 Å². The van der Waals surface area contributed by atoms with Crippen LogP contribution in [0.3, 0.4) is 0 Å². The zero-order valence-corrected chi connectivity index (χ0v) is 14.9. The minimum Gasteiger partial charge on any atom is -0.483 e. The summed E-state index contributed by atoms with van der Waals surface area (Å²) in [6.45, 7) is 6.29. The summed E-state index contributed by atoms with van der Waals surface area (Å²) in [7, 11) is 0. The van der Waals surface area contributed by atoms with Crippen LogP contribution in [0, 0.1) is 20.8 Å². The van der Waals surface area contributed by atoms with E-state index in [4.69, 9.17) is 27.9 Å². The van der Waals surface area contributed by atoms with Gasteiger partial charge in [-0.25, -0.2) is 0 Å². The average molecular weight is 352 g/mol. The van der Waals surface area contributed by atoms with Crippen LogP contribution < -0.4 is 10.1 Å². The Balaban J connectivity index is 1.91. The molecule has 0 atom stereocenters. The highest BCUT2D eigenvalue weighted by molar-refractivity contribution is 6.35. The quantitative estimate of drug-likeness (QED) is 0.853. The smallest absolute Gasteiger partial charge is 0.258 e. The van der Waals surface area contributed by atoms with Crippen molar-refractivity contribution in [1.29, 1.82) is 0 Å². The van der Waals surface area contributed by atoms with Crippen LogP contribution in [0.2, 0.25) is 10.0 Å². The average Bonchev–Trinajstić information content (AvgIpc) is 2.45. The number of hydrogen-bond donors (Lipinski definition) is 1. The number of ether oxygens (including phenoxy) is 1. The first-order valence-electron chi connectivity index (χ1n) is 7.28. The van der Waals surface area contributed by atoms with Crippen LogP contribution >= 0.6 is 23.2 Å². The lowest BCUT2D eigenvalue weighted by molar-refractivity contribution is -0.123. The lowest BCUT2D eigenvalue weighted by Gasteiger charge is -2.13. The van der Waals surface area contributed by atoms with Gasteiger partial charge in [0.2, 0.25) is 0 Å². The first kappa shape index (κ1) is 17.6. The van der Waals surface area contributed by atoms with Gasteiger partial charge in [0.05, 0.1) is 0 Å².